The fourth-order valence-electron chi connectivity index (χ4n) is 2.02. The Hall–Kier alpha value is -2.56. The molecule has 1 aromatic heterocycles. The highest BCUT2D eigenvalue weighted by Gasteiger charge is 2.10. The van der Waals surface area contributed by atoms with Gasteiger partial charge in [-0.1, -0.05) is 12.1 Å². The van der Waals surface area contributed by atoms with E-state index in [0.29, 0.717) is 24.1 Å². The van der Waals surface area contributed by atoms with Crippen molar-refractivity contribution in [1.29, 1.82) is 0 Å². The molecule has 0 spiro atoms. The van der Waals surface area contributed by atoms with Crippen LogP contribution in [-0.4, -0.2) is 16.4 Å². The molecule has 0 unspecified atom stereocenters. The third-order valence-corrected chi connectivity index (χ3v) is 3.13. The lowest BCUT2D eigenvalue weighted by molar-refractivity contribution is -0.116. The molecule has 0 radical (unpaired) electrons. The number of nitrogens with two attached hydrogens (primary N) is 1. The van der Waals surface area contributed by atoms with E-state index in [1.807, 2.05) is 29.9 Å². The smallest absolute Gasteiger partial charge is 0.250 e. The SMILES string of the molecule is Cn1cccc1CCC(=O)Nc1ccccc1C(N)=O. The van der Waals surface area contributed by atoms with Gasteiger partial charge in [0, 0.05) is 25.4 Å². The quantitative estimate of drug-likeness (QED) is 0.868. The van der Waals surface area contributed by atoms with Gasteiger partial charge in [0.1, 0.15) is 0 Å². The number of hydrogen-bond donors (Lipinski definition) is 2. The van der Waals surface area contributed by atoms with Gasteiger partial charge in [-0.2, -0.15) is 0 Å². The monoisotopic (exact) mass is 271 g/mol. The van der Waals surface area contributed by atoms with E-state index in [4.69, 9.17) is 5.73 Å². The highest BCUT2D eigenvalue weighted by atomic mass is 16.2. The summed E-state index contributed by atoms with van der Waals surface area (Å²) >= 11 is 0. The maximum absolute atomic E-state index is 11.9. The molecule has 0 aliphatic rings. The molecule has 2 rings (SSSR count). The fourth-order valence-corrected chi connectivity index (χ4v) is 2.02. The summed E-state index contributed by atoms with van der Waals surface area (Å²) in [6.45, 7) is 0. The van der Waals surface area contributed by atoms with Crippen LogP contribution in [0.15, 0.2) is 42.6 Å². The van der Waals surface area contributed by atoms with Gasteiger partial charge in [0.05, 0.1) is 11.3 Å². The van der Waals surface area contributed by atoms with Crippen LogP contribution in [0.5, 0.6) is 0 Å². The summed E-state index contributed by atoms with van der Waals surface area (Å²) in [6.07, 6.45) is 2.94. The second-order valence-electron chi connectivity index (χ2n) is 4.57. The third-order valence-electron chi connectivity index (χ3n) is 3.13. The van der Waals surface area contributed by atoms with Gasteiger partial charge in [-0.05, 0) is 30.7 Å². The van der Waals surface area contributed by atoms with Crippen molar-refractivity contribution < 1.29 is 9.59 Å². The summed E-state index contributed by atoms with van der Waals surface area (Å²) < 4.78 is 1.98. The van der Waals surface area contributed by atoms with Crippen LogP contribution in [0.3, 0.4) is 0 Å². The number of aromatic nitrogens is 1. The molecule has 0 atom stereocenters. The molecule has 2 aromatic rings. The average Bonchev–Trinajstić information content (AvgIpc) is 2.82. The number of rotatable bonds is 5. The second kappa shape index (κ2) is 6.06. The lowest BCUT2D eigenvalue weighted by Crippen LogP contribution is -2.18. The number of nitrogens with zero attached hydrogens (tertiary/aromatic N) is 1. The number of primary amides is 1. The van der Waals surface area contributed by atoms with Crippen molar-refractivity contribution in [2.24, 2.45) is 12.8 Å². The van der Waals surface area contributed by atoms with Gasteiger partial charge in [0.25, 0.3) is 5.91 Å². The molecule has 5 heteroatoms. The van der Waals surface area contributed by atoms with E-state index in [9.17, 15) is 9.59 Å². The Morgan fingerprint density at radius 2 is 1.95 bits per heavy atom. The van der Waals surface area contributed by atoms with Crippen LogP contribution in [0.2, 0.25) is 0 Å². The molecule has 0 fully saturated rings. The minimum absolute atomic E-state index is 0.139. The number of amides is 2. The zero-order valence-corrected chi connectivity index (χ0v) is 11.3. The van der Waals surface area contributed by atoms with E-state index in [0.717, 1.165) is 5.69 Å². The van der Waals surface area contributed by atoms with Crippen LogP contribution in [0.25, 0.3) is 0 Å². The largest absolute Gasteiger partial charge is 0.366 e. The number of aryl methyl sites for hydroxylation is 2. The number of carbonyl (C=O) groups is 2. The molecule has 0 bridgehead atoms. The van der Waals surface area contributed by atoms with E-state index >= 15 is 0 Å². The Balaban J connectivity index is 1.98. The molecule has 0 saturated heterocycles. The van der Waals surface area contributed by atoms with Crippen LogP contribution in [0, 0.1) is 0 Å². The number of benzene rings is 1. The van der Waals surface area contributed by atoms with Gasteiger partial charge in [0.2, 0.25) is 5.91 Å². The van der Waals surface area contributed by atoms with Crippen LogP contribution < -0.4 is 11.1 Å². The third kappa shape index (κ3) is 3.26. The number of para-hydroxylation sites is 1. The first-order chi connectivity index (χ1) is 9.58. The van der Waals surface area contributed by atoms with Crippen molar-refractivity contribution in [3.8, 4) is 0 Å². The lowest BCUT2D eigenvalue weighted by Gasteiger charge is -2.09. The molecule has 2 amide bonds. The first-order valence-electron chi connectivity index (χ1n) is 6.37. The Morgan fingerprint density at radius 3 is 2.60 bits per heavy atom. The topological polar surface area (TPSA) is 77.1 Å². The van der Waals surface area contributed by atoms with Crippen LogP contribution in [-0.2, 0) is 18.3 Å². The Labute approximate surface area is 117 Å². The first kappa shape index (κ1) is 13.9. The Morgan fingerprint density at radius 1 is 1.20 bits per heavy atom. The highest BCUT2D eigenvalue weighted by Crippen LogP contribution is 2.15. The molecule has 20 heavy (non-hydrogen) atoms. The number of carbonyl (C=O) groups excluding carboxylic acids is 2. The van der Waals surface area contributed by atoms with Crippen molar-refractivity contribution >= 4 is 17.5 Å². The minimum atomic E-state index is -0.552. The predicted molar refractivity (Wildman–Crippen MR) is 77.3 cm³/mol. The van der Waals surface area contributed by atoms with Crippen molar-refractivity contribution in [3.63, 3.8) is 0 Å². The van der Waals surface area contributed by atoms with Crippen molar-refractivity contribution in [3.05, 3.63) is 53.9 Å². The van der Waals surface area contributed by atoms with Gasteiger partial charge >= 0.3 is 0 Å². The minimum Gasteiger partial charge on any atom is -0.366 e. The molecule has 0 aliphatic carbocycles. The predicted octanol–water partition coefficient (Wildman–Crippen LogP) is 1.70. The molecule has 1 heterocycles. The van der Waals surface area contributed by atoms with E-state index in [1.54, 1.807) is 24.3 Å². The number of hydrogen-bond acceptors (Lipinski definition) is 2. The summed E-state index contributed by atoms with van der Waals surface area (Å²) in [5.74, 6) is -0.691. The van der Waals surface area contributed by atoms with Crippen molar-refractivity contribution in [1.82, 2.24) is 4.57 Å². The maximum Gasteiger partial charge on any atom is 0.250 e. The maximum atomic E-state index is 11.9. The Kier molecular flexibility index (Phi) is 4.20. The zero-order chi connectivity index (χ0) is 14.5. The standard InChI is InChI=1S/C15H17N3O2/c1-18-10-4-5-11(18)8-9-14(19)17-13-7-3-2-6-12(13)15(16)20/h2-7,10H,8-9H2,1H3,(H2,16,20)(H,17,19). The summed E-state index contributed by atoms with van der Waals surface area (Å²) in [5, 5.41) is 2.72. The Bertz CT molecular complexity index is 632. The van der Waals surface area contributed by atoms with Crippen LogP contribution in [0.4, 0.5) is 5.69 Å². The van der Waals surface area contributed by atoms with Gasteiger partial charge in [-0.25, -0.2) is 0 Å². The summed E-state index contributed by atoms with van der Waals surface area (Å²) in [7, 11) is 1.94. The lowest BCUT2D eigenvalue weighted by atomic mass is 10.1. The van der Waals surface area contributed by atoms with Crippen LogP contribution >= 0.6 is 0 Å². The van der Waals surface area contributed by atoms with E-state index in [-0.39, 0.29) is 5.91 Å². The van der Waals surface area contributed by atoms with Crippen molar-refractivity contribution in [2.75, 3.05) is 5.32 Å². The zero-order valence-electron chi connectivity index (χ0n) is 11.3. The molecular weight excluding hydrogens is 254 g/mol. The molecular formula is C15H17N3O2. The molecule has 0 aliphatic heterocycles. The fraction of sp³-hybridized carbons (Fsp3) is 0.200. The van der Waals surface area contributed by atoms with E-state index in [1.165, 1.54) is 0 Å². The summed E-state index contributed by atoms with van der Waals surface area (Å²) in [5.41, 5.74) is 7.13. The van der Waals surface area contributed by atoms with Gasteiger partial charge in [-0.3, -0.25) is 9.59 Å². The highest BCUT2D eigenvalue weighted by molar-refractivity contribution is 6.02. The number of nitrogens with one attached hydrogen (secondary N) is 1. The molecule has 1 aromatic carbocycles. The van der Waals surface area contributed by atoms with Gasteiger partial charge in [0.15, 0.2) is 0 Å². The van der Waals surface area contributed by atoms with E-state index < -0.39 is 5.91 Å². The van der Waals surface area contributed by atoms with Gasteiger partial charge < -0.3 is 15.6 Å². The summed E-state index contributed by atoms with van der Waals surface area (Å²) in [6, 6.07) is 10.6. The van der Waals surface area contributed by atoms with Crippen molar-refractivity contribution in [2.45, 2.75) is 12.8 Å². The molecule has 3 N–H and O–H groups in total. The van der Waals surface area contributed by atoms with Gasteiger partial charge in [-0.15, -0.1) is 0 Å². The molecule has 104 valence electrons. The van der Waals surface area contributed by atoms with Crippen LogP contribution in [0.1, 0.15) is 22.5 Å². The average molecular weight is 271 g/mol. The van der Waals surface area contributed by atoms with E-state index in [2.05, 4.69) is 5.32 Å². The molecule has 5 nitrogen and oxygen atoms in total. The normalized spacial score (nSPS) is 10.2. The molecule has 0 saturated carbocycles. The first-order valence-corrected chi connectivity index (χ1v) is 6.37. The summed E-state index contributed by atoms with van der Waals surface area (Å²) in [4.78, 5) is 23.2. The number of anilines is 1. The second-order valence-corrected chi connectivity index (χ2v) is 4.57.